The highest BCUT2D eigenvalue weighted by Gasteiger charge is 2.05. The van der Waals surface area contributed by atoms with E-state index >= 15 is 0 Å². The molecule has 0 saturated carbocycles. The second-order valence-corrected chi connectivity index (χ2v) is 3.32. The summed E-state index contributed by atoms with van der Waals surface area (Å²) in [6.45, 7) is -0.0397. The van der Waals surface area contributed by atoms with Gasteiger partial charge in [0.15, 0.2) is 0 Å². The molecule has 0 aliphatic rings. The highest BCUT2D eigenvalue weighted by Crippen LogP contribution is 2.28. The summed E-state index contributed by atoms with van der Waals surface area (Å²) in [7, 11) is 0. The minimum atomic E-state index is -0.495. The van der Waals surface area contributed by atoms with Gasteiger partial charge in [0.1, 0.15) is 19.0 Å². The van der Waals surface area contributed by atoms with Gasteiger partial charge >= 0.3 is 0 Å². The molecule has 4 heteroatoms. The quantitative estimate of drug-likeness (QED) is 0.886. The molecular weight excluding hydrogens is 237 g/mol. The number of rotatable bonds is 4. The molecule has 72 valence electrons. The van der Waals surface area contributed by atoms with Gasteiger partial charge in [0.25, 0.3) is 0 Å². The van der Waals surface area contributed by atoms with Gasteiger partial charge in [-0.25, -0.2) is 4.39 Å². The number of alkyl halides is 1. The van der Waals surface area contributed by atoms with Crippen LogP contribution in [0.25, 0.3) is 0 Å². The van der Waals surface area contributed by atoms with E-state index in [4.69, 9.17) is 10.5 Å². The number of halogens is 2. The summed E-state index contributed by atoms with van der Waals surface area (Å²) >= 11 is 3.32. The van der Waals surface area contributed by atoms with Crippen molar-refractivity contribution >= 4 is 15.9 Å². The SMILES string of the molecule is NCc1cccc(Br)c1OCCF. The van der Waals surface area contributed by atoms with E-state index in [0.29, 0.717) is 12.3 Å². The minimum Gasteiger partial charge on any atom is -0.489 e. The van der Waals surface area contributed by atoms with Crippen LogP contribution in [-0.4, -0.2) is 13.3 Å². The molecule has 0 bridgehead atoms. The Morgan fingerprint density at radius 3 is 2.85 bits per heavy atom. The molecule has 0 amide bonds. The topological polar surface area (TPSA) is 35.2 Å². The third kappa shape index (κ3) is 2.67. The summed E-state index contributed by atoms with van der Waals surface area (Å²) in [5.74, 6) is 0.641. The minimum absolute atomic E-state index is 0.0651. The van der Waals surface area contributed by atoms with Crippen LogP contribution in [0.2, 0.25) is 0 Å². The van der Waals surface area contributed by atoms with Gasteiger partial charge in [-0.2, -0.15) is 0 Å². The molecule has 13 heavy (non-hydrogen) atoms. The number of para-hydroxylation sites is 1. The molecule has 2 nitrogen and oxygen atoms in total. The Morgan fingerprint density at radius 1 is 1.46 bits per heavy atom. The second kappa shape index (κ2) is 5.19. The van der Waals surface area contributed by atoms with Crippen molar-refractivity contribution in [2.45, 2.75) is 6.54 Å². The lowest BCUT2D eigenvalue weighted by Crippen LogP contribution is -2.05. The molecule has 1 aromatic rings. The Labute approximate surface area is 85.0 Å². The lowest BCUT2D eigenvalue weighted by Gasteiger charge is -2.10. The maximum Gasteiger partial charge on any atom is 0.138 e. The van der Waals surface area contributed by atoms with Gasteiger partial charge in [-0.3, -0.25) is 0 Å². The van der Waals surface area contributed by atoms with E-state index in [1.807, 2.05) is 18.2 Å². The van der Waals surface area contributed by atoms with Gasteiger partial charge in [-0.05, 0) is 22.0 Å². The highest BCUT2D eigenvalue weighted by molar-refractivity contribution is 9.10. The molecule has 0 aromatic heterocycles. The molecular formula is C9H11BrFNO. The first-order valence-electron chi connectivity index (χ1n) is 3.95. The number of nitrogens with two attached hydrogens (primary N) is 1. The van der Waals surface area contributed by atoms with Crippen molar-refractivity contribution in [1.82, 2.24) is 0 Å². The maximum absolute atomic E-state index is 11.9. The lowest BCUT2D eigenvalue weighted by molar-refractivity contribution is 0.269. The number of hydrogen-bond acceptors (Lipinski definition) is 2. The number of ether oxygens (including phenoxy) is 1. The zero-order valence-electron chi connectivity index (χ0n) is 7.09. The maximum atomic E-state index is 11.9. The van der Waals surface area contributed by atoms with E-state index in [2.05, 4.69) is 15.9 Å². The molecule has 0 aliphatic carbocycles. The number of hydrogen-bond donors (Lipinski definition) is 1. The monoisotopic (exact) mass is 247 g/mol. The van der Waals surface area contributed by atoms with Crippen LogP contribution in [0, 0.1) is 0 Å². The highest BCUT2D eigenvalue weighted by atomic mass is 79.9. The first kappa shape index (κ1) is 10.5. The van der Waals surface area contributed by atoms with E-state index < -0.39 is 6.67 Å². The standard InChI is InChI=1S/C9H11BrFNO/c10-8-3-1-2-7(6-12)9(8)13-5-4-11/h1-3H,4-6,12H2. The normalized spacial score (nSPS) is 10.1. The number of benzene rings is 1. The van der Waals surface area contributed by atoms with E-state index in [9.17, 15) is 4.39 Å². The summed E-state index contributed by atoms with van der Waals surface area (Å²) in [5.41, 5.74) is 6.37. The smallest absolute Gasteiger partial charge is 0.138 e. The third-order valence-electron chi connectivity index (χ3n) is 1.59. The fourth-order valence-electron chi connectivity index (χ4n) is 1.02. The van der Waals surface area contributed by atoms with Gasteiger partial charge in [0.05, 0.1) is 4.47 Å². The Kier molecular flexibility index (Phi) is 4.18. The van der Waals surface area contributed by atoms with Crippen molar-refractivity contribution < 1.29 is 9.13 Å². The summed E-state index contributed by atoms with van der Waals surface area (Å²) in [6, 6.07) is 5.57. The average Bonchev–Trinajstić information content (AvgIpc) is 2.15. The summed E-state index contributed by atoms with van der Waals surface area (Å²) in [6.07, 6.45) is 0. The zero-order chi connectivity index (χ0) is 9.68. The van der Waals surface area contributed by atoms with Crippen LogP contribution in [0.3, 0.4) is 0 Å². The molecule has 1 aromatic carbocycles. The van der Waals surface area contributed by atoms with E-state index in [0.717, 1.165) is 10.0 Å². The Bertz CT molecular complexity index is 280. The molecule has 2 N–H and O–H groups in total. The molecule has 0 radical (unpaired) electrons. The summed E-state index contributed by atoms with van der Waals surface area (Å²) < 4.78 is 17.9. The largest absolute Gasteiger partial charge is 0.489 e. The molecule has 0 saturated heterocycles. The van der Waals surface area contributed by atoms with Crippen LogP contribution in [-0.2, 0) is 6.54 Å². The lowest BCUT2D eigenvalue weighted by atomic mass is 10.2. The molecule has 0 spiro atoms. The van der Waals surface area contributed by atoms with Gasteiger partial charge in [0.2, 0.25) is 0 Å². The van der Waals surface area contributed by atoms with Crippen LogP contribution < -0.4 is 10.5 Å². The van der Waals surface area contributed by atoms with Crippen molar-refractivity contribution in [3.63, 3.8) is 0 Å². The van der Waals surface area contributed by atoms with Crippen LogP contribution in [0.5, 0.6) is 5.75 Å². The Morgan fingerprint density at radius 2 is 2.23 bits per heavy atom. The second-order valence-electron chi connectivity index (χ2n) is 2.47. The third-order valence-corrected chi connectivity index (χ3v) is 2.22. The Balaban J connectivity index is 2.87. The van der Waals surface area contributed by atoms with Crippen LogP contribution in [0.15, 0.2) is 22.7 Å². The summed E-state index contributed by atoms with van der Waals surface area (Å²) in [5, 5.41) is 0. The van der Waals surface area contributed by atoms with Crippen molar-refractivity contribution in [3.8, 4) is 5.75 Å². The van der Waals surface area contributed by atoms with Crippen molar-refractivity contribution in [2.24, 2.45) is 5.73 Å². The molecule has 0 aliphatic heterocycles. The van der Waals surface area contributed by atoms with E-state index in [-0.39, 0.29) is 6.61 Å². The van der Waals surface area contributed by atoms with Crippen molar-refractivity contribution in [1.29, 1.82) is 0 Å². The van der Waals surface area contributed by atoms with Crippen LogP contribution in [0.4, 0.5) is 4.39 Å². The van der Waals surface area contributed by atoms with Crippen LogP contribution in [0.1, 0.15) is 5.56 Å². The molecule has 0 heterocycles. The fourth-order valence-corrected chi connectivity index (χ4v) is 1.54. The van der Waals surface area contributed by atoms with Gasteiger partial charge in [0, 0.05) is 12.1 Å². The van der Waals surface area contributed by atoms with E-state index in [1.165, 1.54) is 0 Å². The van der Waals surface area contributed by atoms with Crippen molar-refractivity contribution in [3.05, 3.63) is 28.2 Å². The molecule has 0 unspecified atom stereocenters. The predicted molar refractivity (Wildman–Crippen MR) is 53.5 cm³/mol. The zero-order valence-corrected chi connectivity index (χ0v) is 8.68. The summed E-state index contributed by atoms with van der Waals surface area (Å²) in [4.78, 5) is 0. The van der Waals surface area contributed by atoms with Gasteiger partial charge < -0.3 is 10.5 Å². The molecule has 0 atom stereocenters. The predicted octanol–water partition coefficient (Wildman–Crippen LogP) is 2.26. The Hall–Kier alpha value is -0.610. The first-order chi connectivity index (χ1) is 6.29. The van der Waals surface area contributed by atoms with E-state index in [1.54, 1.807) is 0 Å². The fraction of sp³-hybridized carbons (Fsp3) is 0.333. The molecule has 0 fully saturated rings. The average molecular weight is 248 g/mol. The first-order valence-corrected chi connectivity index (χ1v) is 4.75. The van der Waals surface area contributed by atoms with Gasteiger partial charge in [-0.15, -0.1) is 0 Å². The van der Waals surface area contributed by atoms with Crippen LogP contribution >= 0.6 is 15.9 Å². The molecule has 1 rings (SSSR count). The van der Waals surface area contributed by atoms with Crippen molar-refractivity contribution in [2.75, 3.05) is 13.3 Å². The van der Waals surface area contributed by atoms with Gasteiger partial charge in [-0.1, -0.05) is 12.1 Å².